The van der Waals surface area contributed by atoms with Crippen LogP contribution in [0.25, 0.3) is 10.9 Å². The van der Waals surface area contributed by atoms with E-state index in [4.69, 9.17) is 0 Å². The fraction of sp³-hybridized carbons (Fsp3) is 0.214. The Kier molecular flexibility index (Phi) is 2.74. The Bertz CT molecular complexity index is 709. The zero-order chi connectivity index (χ0) is 12.7. The van der Waals surface area contributed by atoms with Crippen LogP contribution < -0.4 is 0 Å². The molecule has 3 nitrogen and oxygen atoms in total. The molecule has 2 heterocycles. The second-order valence-corrected chi connectivity index (χ2v) is 5.37. The van der Waals surface area contributed by atoms with Crippen LogP contribution in [0.4, 0.5) is 0 Å². The van der Waals surface area contributed by atoms with Gasteiger partial charge >= 0.3 is 0 Å². The molecule has 92 valence electrons. The highest BCUT2D eigenvalue weighted by atomic mass is 79.9. The van der Waals surface area contributed by atoms with Gasteiger partial charge in [0.25, 0.3) is 0 Å². The molecule has 4 heteroatoms. The molecule has 0 aliphatic heterocycles. The van der Waals surface area contributed by atoms with E-state index >= 15 is 0 Å². The van der Waals surface area contributed by atoms with Crippen molar-refractivity contribution in [2.24, 2.45) is 7.05 Å². The summed E-state index contributed by atoms with van der Waals surface area (Å²) in [5, 5.41) is 5.63. The average Bonchev–Trinajstić information content (AvgIpc) is 2.86. The molecule has 0 aliphatic carbocycles. The second-order valence-electron chi connectivity index (χ2n) is 4.52. The fourth-order valence-electron chi connectivity index (χ4n) is 2.31. The number of hydrogen-bond donors (Lipinski definition) is 0. The third-order valence-corrected chi connectivity index (χ3v) is 3.88. The molecule has 0 spiro atoms. The molecule has 0 unspecified atom stereocenters. The molecule has 3 aromatic rings. The van der Waals surface area contributed by atoms with Crippen LogP contribution in [0.5, 0.6) is 0 Å². The Balaban J connectivity index is 2.05. The maximum Gasteiger partial charge on any atom is 0.0645 e. The van der Waals surface area contributed by atoms with Crippen LogP contribution in [0.2, 0.25) is 0 Å². The van der Waals surface area contributed by atoms with E-state index in [0.29, 0.717) is 0 Å². The molecule has 0 fully saturated rings. The van der Waals surface area contributed by atoms with Gasteiger partial charge in [-0.2, -0.15) is 5.10 Å². The van der Waals surface area contributed by atoms with E-state index in [1.165, 1.54) is 16.6 Å². The lowest BCUT2D eigenvalue weighted by molar-refractivity contribution is 0.673. The summed E-state index contributed by atoms with van der Waals surface area (Å²) in [6, 6.07) is 10.5. The minimum absolute atomic E-state index is 0.845. The van der Waals surface area contributed by atoms with Crippen molar-refractivity contribution in [3.63, 3.8) is 0 Å². The molecule has 0 saturated heterocycles. The van der Waals surface area contributed by atoms with Gasteiger partial charge in [0.1, 0.15) is 0 Å². The summed E-state index contributed by atoms with van der Waals surface area (Å²) >= 11 is 3.58. The predicted octanol–water partition coefficient (Wildman–Crippen LogP) is 3.49. The van der Waals surface area contributed by atoms with Crippen LogP contribution in [-0.2, 0) is 13.6 Å². The lowest BCUT2D eigenvalue weighted by Gasteiger charge is -2.06. The van der Waals surface area contributed by atoms with Crippen LogP contribution in [-0.4, -0.2) is 14.3 Å². The molecule has 18 heavy (non-hydrogen) atoms. The zero-order valence-electron chi connectivity index (χ0n) is 10.4. The van der Waals surface area contributed by atoms with Gasteiger partial charge in [0.2, 0.25) is 0 Å². The number of hydrogen-bond acceptors (Lipinski definition) is 1. The van der Waals surface area contributed by atoms with Crippen molar-refractivity contribution >= 4 is 26.8 Å². The third kappa shape index (κ3) is 1.86. The molecule has 0 amide bonds. The number of halogens is 1. The van der Waals surface area contributed by atoms with E-state index in [1.54, 1.807) is 0 Å². The fourth-order valence-corrected chi connectivity index (χ4v) is 2.80. The van der Waals surface area contributed by atoms with Gasteiger partial charge in [-0.25, -0.2) is 0 Å². The smallest absolute Gasteiger partial charge is 0.0645 e. The van der Waals surface area contributed by atoms with Gasteiger partial charge in [-0.05, 0) is 31.2 Å². The van der Waals surface area contributed by atoms with Crippen LogP contribution in [0, 0.1) is 6.92 Å². The zero-order valence-corrected chi connectivity index (χ0v) is 12.0. The predicted molar refractivity (Wildman–Crippen MR) is 76.7 cm³/mol. The molecule has 0 saturated carbocycles. The monoisotopic (exact) mass is 303 g/mol. The van der Waals surface area contributed by atoms with Crippen LogP contribution in [0.3, 0.4) is 0 Å². The van der Waals surface area contributed by atoms with Crippen LogP contribution in [0.1, 0.15) is 11.4 Å². The normalized spacial score (nSPS) is 11.3. The van der Waals surface area contributed by atoms with Gasteiger partial charge in [-0.1, -0.05) is 22.0 Å². The van der Waals surface area contributed by atoms with E-state index in [0.717, 1.165) is 16.7 Å². The Morgan fingerprint density at radius 3 is 2.83 bits per heavy atom. The molecule has 1 aromatic carbocycles. The van der Waals surface area contributed by atoms with Gasteiger partial charge in [0.05, 0.1) is 17.9 Å². The van der Waals surface area contributed by atoms with Crippen molar-refractivity contribution < 1.29 is 0 Å². The van der Waals surface area contributed by atoms with E-state index in [1.807, 2.05) is 18.7 Å². The van der Waals surface area contributed by atoms with Gasteiger partial charge in [0, 0.05) is 28.6 Å². The largest absolute Gasteiger partial charge is 0.341 e. The standard InChI is InChI=1S/C14H14BrN3/c1-10-8-11(17(2)16-10)9-18-7-6-12-13(15)4-3-5-14(12)18/h3-8H,9H2,1-2H3. The first-order valence-corrected chi connectivity index (χ1v) is 6.67. The number of aryl methyl sites for hydroxylation is 2. The van der Waals surface area contributed by atoms with E-state index in [-0.39, 0.29) is 0 Å². The summed E-state index contributed by atoms with van der Waals surface area (Å²) in [6.07, 6.45) is 2.12. The quantitative estimate of drug-likeness (QED) is 0.710. The maximum absolute atomic E-state index is 4.38. The molecular formula is C14H14BrN3. The van der Waals surface area contributed by atoms with Gasteiger partial charge in [-0.3, -0.25) is 4.68 Å². The second kappa shape index (κ2) is 4.28. The van der Waals surface area contributed by atoms with Gasteiger partial charge in [-0.15, -0.1) is 0 Å². The molecule has 3 rings (SSSR count). The summed E-state index contributed by atoms with van der Waals surface area (Å²) in [7, 11) is 1.99. The minimum Gasteiger partial charge on any atom is -0.341 e. The first-order valence-electron chi connectivity index (χ1n) is 5.88. The van der Waals surface area contributed by atoms with Crippen molar-refractivity contribution in [3.8, 4) is 0 Å². The molecule has 0 bridgehead atoms. The van der Waals surface area contributed by atoms with Crippen molar-refractivity contribution in [1.82, 2.24) is 14.3 Å². The minimum atomic E-state index is 0.845. The highest BCUT2D eigenvalue weighted by Gasteiger charge is 2.07. The summed E-state index contributed by atoms with van der Waals surface area (Å²) in [5.41, 5.74) is 3.51. The lowest BCUT2D eigenvalue weighted by atomic mass is 10.2. The SMILES string of the molecule is Cc1cc(Cn2ccc3c(Br)cccc32)n(C)n1. The molecule has 0 radical (unpaired) electrons. The molecular weight excluding hydrogens is 290 g/mol. The molecule has 2 aromatic heterocycles. The Morgan fingerprint density at radius 2 is 2.11 bits per heavy atom. The summed E-state index contributed by atoms with van der Waals surface area (Å²) in [6.45, 7) is 2.87. The number of aromatic nitrogens is 3. The van der Waals surface area contributed by atoms with Crippen molar-refractivity contribution in [2.75, 3.05) is 0 Å². The van der Waals surface area contributed by atoms with Crippen molar-refractivity contribution in [2.45, 2.75) is 13.5 Å². The number of rotatable bonds is 2. The summed E-state index contributed by atoms with van der Waals surface area (Å²) in [4.78, 5) is 0. The first kappa shape index (κ1) is 11.5. The Labute approximate surface area is 114 Å². The number of fused-ring (bicyclic) bond motifs is 1. The Morgan fingerprint density at radius 1 is 1.28 bits per heavy atom. The topological polar surface area (TPSA) is 22.8 Å². The molecule has 0 aliphatic rings. The molecule has 0 N–H and O–H groups in total. The van der Waals surface area contributed by atoms with Gasteiger partial charge in [0.15, 0.2) is 0 Å². The van der Waals surface area contributed by atoms with Crippen molar-refractivity contribution in [1.29, 1.82) is 0 Å². The highest BCUT2D eigenvalue weighted by molar-refractivity contribution is 9.10. The van der Waals surface area contributed by atoms with E-state index in [9.17, 15) is 0 Å². The summed E-state index contributed by atoms with van der Waals surface area (Å²) < 4.78 is 5.33. The van der Waals surface area contributed by atoms with Crippen LogP contribution in [0.15, 0.2) is 41.0 Å². The third-order valence-electron chi connectivity index (χ3n) is 3.19. The lowest BCUT2D eigenvalue weighted by Crippen LogP contribution is -2.04. The molecule has 0 atom stereocenters. The first-order chi connectivity index (χ1) is 8.65. The Hall–Kier alpha value is -1.55. The van der Waals surface area contributed by atoms with Crippen molar-refractivity contribution in [3.05, 3.63) is 52.4 Å². The van der Waals surface area contributed by atoms with Gasteiger partial charge < -0.3 is 4.57 Å². The van der Waals surface area contributed by atoms with E-state index < -0.39 is 0 Å². The highest BCUT2D eigenvalue weighted by Crippen LogP contribution is 2.25. The average molecular weight is 304 g/mol. The maximum atomic E-state index is 4.38. The van der Waals surface area contributed by atoms with Crippen LogP contribution >= 0.6 is 15.9 Å². The number of nitrogens with zero attached hydrogens (tertiary/aromatic N) is 3. The summed E-state index contributed by atoms with van der Waals surface area (Å²) in [5.74, 6) is 0. The number of benzene rings is 1. The van der Waals surface area contributed by atoms with E-state index in [2.05, 4.69) is 62.1 Å².